The maximum Gasteiger partial charge on any atom is 0.312 e. The molecule has 30 heavy (non-hydrogen) atoms. The maximum absolute atomic E-state index is 12.7. The number of Topliss-reactive ketones (excluding diaryl/α,β-unsaturated/α-hetero) is 1. The Morgan fingerprint density at radius 3 is 2.47 bits per heavy atom. The molecule has 1 fully saturated rings. The van der Waals surface area contributed by atoms with Crippen molar-refractivity contribution < 1.29 is 19.1 Å². The van der Waals surface area contributed by atoms with Gasteiger partial charge in [0.2, 0.25) is 11.7 Å². The van der Waals surface area contributed by atoms with Crippen LogP contribution in [-0.4, -0.2) is 36.2 Å². The molecular formula is C21H17Cl4NO4. The van der Waals surface area contributed by atoms with Gasteiger partial charge in [0.1, 0.15) is 0 Å². The molecule has 0 saturated carbocycles. The summed E-state index contributed by atoms with van der Waals surface area (Å²) < 4.78 is 5.46. The summed E-state index contributed by atoms with van der Waals surface area (Å²) >= 11 is 23.9. The van der Waals surface area contributed by atoms with Gasteiger partial charge in [-0.3, -0.25) is 14.4 Å². The van der Waals surface area contributed by atoms with Gasteiger partial charge in [-0.1, -0.05) is 40.9 Å². The highest BCUT2D eigenvalue weighted by Crippen LogP contribution is 2.36. The van der Waals surface area contributed by atoms with Gasteiger partial charge < -0.3 is 9.64 Å². The number of carbonyl (C=O) groups excluding carboxylic acids is 3. The minimum Gasteiger partial charge on any atom is -0.454 e. The third kappa shape index (κ3) is 5.09. The number of amides is 1. The quantitative estimate of drug-likeness (QED) is 0.296. The van der Waals surface area contributed by atoms with Crippen LogP contribution < -0.4 is 4.90 Å². The van der Waals surface area contributed by atoms with Crippen LogP contribution in [-0.2, 0) is 14.3 Å². The van der Waals surface area contributed by atoms with Gasteiger partial charge in [-0.2, -0.15) is 0 Å². The number of esters is 1. The lowest BCUT2D eigenvalue weighted by Gasteiger charge is -2.20. The van der Waals surface area contributed by atoms with Crippen LogP contribution >= 0.6 is 46.4 Å². The first kappa shape index (κ1) is 22.9. The van der Waals surface area contributed by atoms with E-state index in [0.717, 1.165) is 0 Å². The minimum absolute atomic E-state index is 0.0512. The van der Waals surface area contributed by atoms with Crippen LogP contribution in [0.3, 0.4) is 0 Å². The predicted octanol–water partition coefficient (Wildman–Crippen LogP) is 5.42. The van der Waals surface area contributed by atoms with Crippen LogP contribution in [0.4, 0.5) is 5.69 Å². The Morgan fingerprint density at radius 1 is 1.10 bits per heavy atom. The SMILES string of the molecule is O=C(O[C@H](CCCl)C(=O)c1ccc(Cl)cc1)[C@@H]1CC(=O)N(c2cccc(Cl)c2Cl)C1. The normalized spacial score (nSPS) is 17.1. The molecule has 5 nitrogen and oxygen atoms in total. The largest absolute Gasteiger partial charge is 0.454 e. The summed E-state index contributed by atoms with van der Waals surface area (Å²) in [7, 11) is 0. The van der Waals surface area contributed by atoms with E-state index in [4.69, 9.17) is 51.1 Å². The second-order valence-electron chi connectivity index (χ2n) is 6.75. The topological polar surface area (TPSA) is 63.7 Å². The van der Waals surface area contributed by atoms with Crippen molar-refractivity contribution in [1.29, 1.82) is 0 Å². The Balaban J connectivity index is 1.72. The third-order valence-electron chi connectivity index (χ3n) is 4.73. The number of ketones is 1. The number of nitrogens with zero attached hydrogens (tertiary/aromatic N) is 1. The molecule has 2 aromatic carbocycles. The van der Waals surface area contributed by atoms with Crippen molar-refractivity contribution in [3.8, 4) is 0 Å². The van der Waals surface area contributed by atoms with Gasteiger partial charge in [-0.15, -0.1) is 11.6 Å². The lowest BCUT2D eigenvalue weighted by molar-refractivity contribution is -0.151. The molecule has 0 unspecified atom stereocenters. The van der Waals surface area contributed by atoms with Gasteiger partial charge in [0.05, 0.1) is 21.7 Å². The third-order valence-corrected chi connectivity index (χ3v) is 6.01. The Bertz CT molecular complexity index is 964. The number of alkyl halides is 1. The average Bonchev–Trinajstić information content (AvgIpc) is 3.11. The molecule has 0 N–H and O–H groups in total. The van der Waals surface area contributed by atoms with Crippen molar-refractivity contribution in [2.24, 2.45) is 5.92 Å². The summed E-state index contributed by atoms with van der Waals surface area (Å²) in [5.41, 5.74) is 0.788. The number of rotatable bonds is 7. The van der Waals surface area contributed by atoms with E-state index in [-0.39, 0.29) is 42.0 Å². The second-order valence-corrected chi connectivity index (χ2v) is 8.35. The molecule has 2 atom stereocenters. The van der Waals surface area contributed by atoms with Gasteiger partial charge in [-0.25, -0.2) is 0 Å². The Labute approximate surface area is 193 Å². The molecule has 0 bridgehead atoms. The van der Waals surface area contributed by atoms with Gasteiger partial charge in [-0.05, 0) is 36.4 Å². The first-order valence-electron chi connectivity index (χ1n) is 9.12. The lowest BCUT2D eigenvalue weighted by atomic mass is 10.0. The maximum atomic E-state index is 12.7. The Morgan fingerprint density at radius 2 is 1.80 bits per heavy atom. The van der Waals surface area contributed by atoms with Crippen molar-refractivity contribution in [2.45, 2.75) is 18.9 Å². The molecular weight excluding hydrogens is 472 g/mol. The molecule has 0 spiro atoms. The van der Waals surface area contributed by atoms with Gasteiger partial charge in [0, 0.05) is 35.9 Å². The smallest absolute Gasteiger partial charge is 0.312 e. The summed E-state index contributed by atoms with van der Waals surface area (Å²) in [4.78, 5) is 39.3. The highest BCUT2D eigenvalue weighted by molar-refractivity contribution is 6.44. The first-order valence-corrected chi connectivity index (χ1v) is 10.8. The van der Waals surface area contributed by atoms with Gasteiger partial charge in [0.25, 0.3) is 0 Å². The molecule has 1 aliphatic rings. The highest BCUT2D eigenvalue weighted by Gasteiger charge is 2.38. The summed E-state index contributed by atoms with van der Waals surface area (Å²) in [6.07, 6.45) is -0.945. The van der Waals surface area contributed by atoms with Crippen LogP contribution in [0, 0.1) is 5.92 Å². The molecule has 0 aliphatic carbocycles. The molecule has 1 amide bonds. The molecule has 2 aromatic rings. The predicted molar refractivity (Wildman–Crippen MR) is 118 cm³/mol. The molecule has 9 heteroatoms. The molecule has 3 rings (SSSR count). The fraction of sp³-hybridized carbons (Fsp3) is 0.286. The van der Waals surface area contributed by atoms with Gasteiger partial charge >= 0.3 is 5.97 Å². The van der Waals surface area contributed by atoms with E-state index in [1.165, 1.54) is 4.90 Å². The van der Waals surface area contributed by atoms with Gasteiger partial charge in [0.15, 0.2) is 6.10 Å². The fourth-order valence-corrected chi connectivity index (χ4v) is 3.90. The van der Waals surface area contributed by atoms with Crippen molar-refractivity contribution in [2.75, 3.05) is 17.3 Å². The number of ether oxygens (including phenoxy) is 1. The molecule has 1 heterocycles. The van der Waals surface area contributed by atoms with E-state index >= 15 is 0 Å². The van der Waals surface area contributed by atoms with Crippen molar-refractivity contribution in [1.82, 2.24) is 0 Å². The summed E-state index contributed by atoms with van der Waals surface area (Å²) in [6, 6.07) is 11.2. The monoisotopic (exact) mass is 487 g/mol. The van der Waals surface area contributed by atoms with Crippen molar-refractivity contribution in [3.05, 3.63) is 63.1 Å². The number of benzene rings is 2. The van der Waals surface area contributed by atoms with Crippen molar-refractivity contribution in [3.63, 3.8) is 0 Å². The number of halogens is 4. The highest BCUT2D eigenvalue weighted by atomic mass is 35.5. The van der Waals surface area contributed by atoms with E-state index in [2.05, 4.69) is 0 Å². The van der Waals surface area contributed by atoms with Crippen LogP contribution in [0.1, 0.15) is 23.2 Å². The zero-order valence-corrected chi connectivity index (χ0v) is 18.6. The number of hydrogen-bond acceptors (Lipinski definition) is 4. The molecule has 1 aliphatic heterocycles. The zero-order valence-electron chi connectivity index (χ0n) is 15.6. The minimum atomic E-state index is -1.05. The number of carbonyl (C=O) groups is 3. The van der Waals surface area contributed by atoms with E-state index in [1.54, 1.807) is 42.5 Å². The first-order chi connectivity index (χ1) is 14.3. The number of anilines is 1. The van der Waals surface area contributed by atoms with Crippen LogP contribution in [0.15, 0.2) is 42.5 Å². The Hall–Kier alpha value is -1.79. The number of hydrogen-bond donors (Lipinski definition) is 0. The molecule has 1 saturated heterocycles. The van der Waals surface area contributed by atoms with E-state index < -0.39 is 18.0 Å². The zero-order chi connectivity index (χ0) is 21.8. The fourth-order valence-electron chi connectivity index (χ4n) is 3.18. The molecule has 158 valence electrons. The summed E-state index contributed by atoms with van der Waals surface area (Å²) in [6.45, 7) is 0.0838. The standard InChI is InChI=1S/C21H17Cl4NO4/c22-9-8-17(20(28)12-4-6-14(23)7-5-12)30-21(29)13-10-18(27)26(11-13)16-3-1-2-15(24)19(16)25/h1-7,13,17H,8-11H2/t13-,17-/m1/s1. The second kappa shape index (κ2) is 10.0. The summed E-state index contributed by atoms with van der Waals surface area (Å²) in [5.74, 6) is -1.89. The molecule has 0 aromatic heterocycles. The molecule has 0 radical (unpaired) electrons. The van der Waals surface area contributed by atoms with Crippen molar-refractivity contribution >= 4 is 69.8 Å². The Kier molecular flexibility index (Phi) is 7.64. The lowest BCUT2D eigenvalue weighted by Crippen LogP contribution is -2.32. The summed E-state index contributed by atoms with van der Waals surface area (Å²) in [5, 5.41) is 1.03. The average molecular weight is 489 g/mol. The van der Waals surface area contributed by atoms with E-state index in [1.807, 2.05) is 0 Å². The van der Waals surface area contributed by atoms with E-state index in [0.29, 0.717) is 21.3 Å². The van der Waals surface area contributed by atoms with Crippen LogP contribution in [0.25, 0.3) is 0 Å². The van der Waals surface area contributed by atoms with Crippen LogP contribution in [0.2, 0.25) is 15.1 Å². The van der Waals surface area contributed by atoms with Crippen LogP contribution in [0.5, 0.6) is 0 Å². The van der Waals surface area contributed by atoms with E-state index in [9.17, 15) is 14.4 Å².